The molecule has 1 aromatic heterocycles. The highest BCUT2D eigenvalue weighted by Gasteiger charge is 2.40. The van der Waals surface area contributed by atoms with Gasteiger partial charge in [0.15, 0.2) is 0 Å². The molecule has 0 saturated heterocycles. The van der Waals surface area contributed by atoms with Gasteiger partial charge in [-0.15, -0.1) is 11.3 Å². The van der Waals surface area contributed by atoms with Gasteiger partial charge in [0, 0.05) is 5.92 Å². The summed E-state index contributed by atoms with van der Waals surface area (Å²) in [6.45, 7) is 8.44. The summed E-state index contributed by atoms with van der Waals surface area (Å²) in [7, 11) is 0. The monoisotopic (exact) mass is 480 g/mol. The molecule has 0 radical (unpaired) electrons. The minimum absolute atomic E-state index is 0.133. The fourth-order valence-electron chi connectivity index (χ4n) is 4.02. The Hall–Kier alpha value is -2.71. The first kappa shape index (κ1) is 24.4. The van der Waals surface area contributed by atoms with Crippen molar-refractivity contribution >= 4 is 22.3 Å². The molecule has 3 N–H and O–H groups in total. The second-order valence-corrected chi connectivity index (χ2v) is 10.6. The Morgan fingerprint density at radius 1 is 0.971 bits per heavy atom. The van der Waals surface area contributed by atoms with E-state index in [-0.39, 0.29) is 12.1 Å². The second kappa shape index (κ2) is 10.3. The Morgan fingerprint density at radius 2 is 1.53 bits per heavy atom. The number of nitrogen functional groups attached to an aromatic ring is 1. The summed E-state index contributed by atoms with van der Waals surface area (Å²) in [5, 5.41) is 3.92. The number of thiophene rings is 1. The average Bonchev–Trinajstić information content (AvgIpc) is 3.16. The summed E-state index contributed by atoms with van der Waals surface area (Å²) in [4.78, 5) is 14.0. The third kappa shape index (κ3) is 5.67. The smallest absolute Gasteiger partial charge is 0.341 e. The first-order valence-corrected chi connectivity index (χ1v) is 12.3. The number of carbonyl (C=O) groups is 1. The number of esters is 1. The third-order valence-corrected chi connectivity index (χ3v) is 6.68. The Balaban J connectivity index is 1.63. The van der Waals surface area contributed by atoms with Gasteiger partial charge in [-0.1, -0.05) is 67.6 Å². The van der Waals surface area contributed by atoms with Crippen molar-refractivity contribution in [1.82, 2.24) is 5.32 Å². The van der Waals surface area contributed by atoms with Crippen LogP contribution in [0.3, 0.4) is 0 Å². The van der Waals surface area contributed by atoms with Crippen molar-refractivity contribution in [3.63, 3.8) is 0 Å². The number of nitrogens with two attached hydrogens (primary N) is 1. The van der Waals surface area contributed by atoms with Crippen LogP contribution in [0.1, 0.15) is 71.8 Å². The first-order chi connectivity index (χ1) is 16.2. The zero-order valence-corrected chi connectivity index (χ0v) is 20.9. The van der Waals surface area contributed by atoms with E-state index in [0.29, 0.717) is 23.8 Å². The van der Waals surface area contributed by atoms with Crippen LogP contribution in [0.5, 0.6) is 0 Å². The van der Waals surface area contributed by atoms with Crippen molar-refractivity contribution in [2.75, 3.05) is 5.73 Å². The maximum Gasteiger partial charge on any atom is 0.341 e. The predicted molar refractivity (Wildman–Crippen MR) is 134 cm³/mol. The van der Waals surface area contributed by atoms with Crippen LogP contribution >= 0.6 is 11.3 Å². The van der Waals surface area contributed by atoms with Crippen molar-refractivity contribution in [1.29, 1.82) is 0 Å². The van der Waals surface area contributed by atoms with Crippen LogP contribution in [0.15, 0.2) is 60.7 Å². The number of hydrogen-bond donors (Lipinski definition) is 2. The third-order valence-electron chi connectivity index (χ3n) is 5.60. The van der Waals surface area contributed by atoms with Gasteiger partial charge in [0.05, 0.1) is 23.7 Å². The molecule has 0 amide bonds. The number of benzene rings is 2. The number of hydrogen-bond acceptors (Lipinski definition) is 7. The standard InChI is InChI=1S/C27H32N2O4S/c1-17-20-21(26(30)33-27(2,3)4)23(28)34-22(20)25(32-16-19-13-9-6-10-14-19)29-24(17)31-15-18-11-7-5-8-12-18/h5-14,17,24-25,29H,15-16,28H2,1-4H3/t17?,24-,25-/m1/s1. The molecule has 0 spiro atoms. The molecule has 7 heteroatoms. The van der Waals surface area contributed by atoms with Gasteiger partial charge >= 0.3 is 5.97 Å². The Morgan fingerprint density at radius 3 is 2.09 bits per heavy atom. The van der Waals surface area contributed by atoms with E-state index in [2.05, 4.69) is 5.32 Å². The Labute approximate surface area is 205 Å². The molecule has 6 nitrogen and oxygen atoms in total. The van der Waals surface area contributed by atoms with Crippen LogP contribution in [0.4, 0.5) is 5.00 Å². The number of carbonyl (C=O) groups excluding carboxylic acids is 1. The molecule has 34 heavy (non-hydrogen) atoms. The molecule has 4 rings (SSSR count). The van der Waals surface area contributed by atoms with Gasteiger partial charge < -0.3 is 19.9 Å². The molecular weight excluding hydrogens is 448 g/mol. The van der Waals surface area contributed by atoms with E-state index in [1.54, 1.807) is 0 Å². The van der Waals surface area contributed by atoms with Crippen molar-refractivity contribution < 1.29 is 19.0 Å². The fourth-order valence-corrected chi connectivity index (χ4v) is 5.19. The molecule has 1 unspecified atom stereocenters. The second-order valence-electron chi connectivity index (χ2n) is 9.47. The lowest BCUT2D eigenvalue weighted by Gasteiger charge is -2.36. The lowest BCUT2D eigenvalue weighted by Crippen LogP contribution is -2.44. The van der Waals surface area contributed by atoms with Crippen molar-refractivity contribution in [3.8, 4) is 0 Å². The maximum atomic E-state index is 13.1. The summed E-state index contributed by atoms with van der Waals surface area (Å²) < 4.78 is 18.3. The number of ether oxygens (including phenoxy) is 3. The van der Waals surface area contributed by atoms with Gasteiger partial charge in [-0.3, -0.25) is 5.32 Å². The van der Waals surface area contributed by atoms with Gasteiger partial charge in [0.1, 0.15) is 23.1 Å². The van der Waals surface area contributed by atoms with Crippen LogP contribution < -0.4 is 11.1 Å². The number of rotatable bonds is 7. The molecule has 1 aliphatic rings. The zero-order chi connectivity index (χ0) is 24.3. The minimum atomic E-state index is -0.624. The zero-order valence-electron chi connectivity index (χ0n) is 20.0. The maximum absolute atomic E-state index is 13.1. The van der Waals surface area contributed by atoms with E-state index in [9.17, 15) is 4.79 Å². The lowest BCUT2D eigenvalue weighted by molar-refractivity contribution is -0.0751. The molecule has 3 aromatic rings. The largest absolute Gasteiger partial charge is 0.456 e. The minimum Gasteiger partial charge on any atom is -0.456 e. The van der Waals surface area contributed by atoms with Gasteiger partial charge in [-0.05, 0) is 37.5 Å². The first-order valence-electron chi connectivity index (χ1n) is 11.5. The lowest BCUT2D eigenvalue weighted by atomic mass is 9.91. The van der Waals surface area contributed by atoms with Gasteiger partial charge in [-0.25, -0.2) is 4.79 Å². The summed E-state index contributed by atoms with van der Waals surface area (Å²) in [5.41, 5.74) is 9.14. The molecule has 3 atom stereocenters. The highest BCUT2D eigenvalue weighted by atomic mass is 32.1. The molecule has 0 bridgehead atoms. The quantitative estimate of drug-likeness (QED) is 0.419. The summed E-state index contributed by atoms with van der Waals surface area (Å²) >= 11 is 1.37. The van der Waals surface area contributed by atoms with E-state index in [4.69, 9.17) is 19.9 Å². The SMILES string of the molecule is CC1c2c(sc(N)c2C(=O)OC(C)(C)C)[C@@H](OCc2ccccc2)N[C@@H]1OCc1ccccc1. The molecule has 1 aliphatic heterocycles. The summed E-state index contributed by atoms with van der Waals surface area (Å²) in [6.07, 6.45) is -0.834. The fraction of sp³-hybridized carbons (Fsp3) is 0.370. The van der Waals surface area contributed by atoms with Crippen LogP contribution in [0.2, 0.25) is 0 Å². The van der Waals surface area contributed by atoms with E-state index in [1.165, 1.54) is 11.3 Å². The van der Waals surface area contributed by atoms with Crippen LogP contribution in [0.25, 0.3) is 0 Å². The van der Waals surface area contributed by atoms with Gasteiger partial charge in [0.2, 0.25) is 0 Å². The predicted octanol–water partition coefficient (Wildman–Crippen LogP) is 5.75. The normalized spacial score (nSPS) is 20.1. The van der Waals surface area contributed by atoms with E-state index in [1.807, 2.05) is 88.4 Å². The van der Waals surface area contributed by atoms with Crippen LogP contribution in [-0.2, 0) is 27.4 Å². The molecule has 180 valence electrons. The van der Waals surface area contributed by atoms with Gasteiger partial charge in [-0.2, -0.15) is 0 Å². The molecule has 2 heterocycles. The Kier molecular flexibility index (Phi) is 7.38. The number of anilines is 1. The highest BCUT2D eigenvalue weighted by molar-refractivity contribution is 7.16. The molecule has 0 fully saturated rings. The van der Waals surface area contributed by atoms with Crippen LogP contribution in [-0.4, -0.2) is 17.8 Å². The highest BCUT2D eigenvalue weighted by Crippen LogP contribution is 2.45. The van der Waals surface area contributed by atoms with Gasteiger partial charge in [0.25, 0.3) is 0 Å². The van der Waals surface area contributed by atoms with Crippen molar-refractivity contribution in [2.24, 2.45) is 0 Å². The van der Waals surface area contributed by atoms with E-state index >= 15 is 0 Å². The van der Waals surface area contributed by atoms with Crippen molar-refractivity contribution in [3.05, 3.63) is 87.8 Å². The molecule has 0 aliphatic carbocycles. The van der Waals surface area contributed by atoms with Crippen molar-refractivity contribution in [2.45, 2.75) is 64.9 Å². The van der Waals surface area contributed by atoms with E-state index < -0.39 is 17.8 Å². The molecular formula is C27H32N2O4S. The molecule has 2 aromatic carbocycles. The summed E-state index contributed by atoms with van der Waals surface area (Å²) in [6, 6.07) is 20.0. The number of nitrogens with one attached hydrogen (secondary N) is 1. The molecule has 0 saturated carbocycles. The number of fused-ring (bicyclic) bond motifs is 1. The average molecular weight is 481 g/mol. The van der Waals surface area contributed by atoms with E-state index in [0.717, 1.165) is 21.6 Å². The summed E-state index contributed by atoms with van der Waals surface area (Å²) in [5.74, 6) is -0.550. The van der Waals surface area contributed by atoms with Crippen LogP contribution in [0, 0.1) is 0 Å². The Bertz CT molecular complexity index is 1110. The topological polar surface area (TPSA) is 82.8 Å².